The number of guanidine groups is 1. The van der Waals surface area contributed by atoms with Gasteiger partial charge in [0.25, 0.3) is 0 Å². The predicted octanol–water partition coefficient (Wildman–Crippen LogP) is 5.80. The Kier molecular flexibility index (Phi) is 7.81. The molecular weight excluding hydrogens is 500 g/mol. The van der Waals surface area contributed by atoms with Crippen molar-refractivity contribution in [2.75, 3.05) is 25.0 Å². The molecule has 1 heterocycles. The summed E-state index contributed by atoms with van der Waals surface area (Å²) in [6.07, 6.45) is -2.99. The summed E-state index contributed by atoms with van der Waals surface area (Å²) in [5.41, 5.74) is 0.748. The van der Waals surface area contributed by atoms with Crippen molar-refractivity contribution in [3.8, 4) is 6.19 Å². The fourth-order valence-corrected chi connectivity index (χ4v) is 4.23. The van der Waals surface area contributed by atoms with E-state index >= 15 is 0 Å². The number of aryl methyl sites for hydroxylation is 1. The lowest BCUT2D eigenvalue weighted by Gasteiger charge is -2.42. The highest BCUT2D eigenvalue weighted by Gasteiger charge is 2.36. The van der Waals surface area contributed by atoms with Crippen molar-refractivity contribution in [2.24, 2.45) is 4.99 Å². The van der Waals surface area contributed by atoms with Crippen molar-refractivity contribution >= 4 is 23.4 Å². The van der Waals surface area contributed by atoms with Crippen molar-refractivity contribution in [2.45, 2.75) is 19.1 Å². The van der Waals surface area contributed by atoms with E-state index in [0.717, 1.165) is 17.2 Å². The zero-order chi connectivity index (χ0) is 27.3. The number of nitrogens with zero attached hydrogens (tertiary/aromatic N) is 4. The summed E-state index contributed by atoms with van der Waals surface area (Å²) in [6.45, 7) is 2.64. The van der Waals surface area contributed by atoms with Crippen molar-refractivity contribution in [3.63, 3.8) is 0 Å². The number of nitrogens with one attached hydrogen (secondary N) is 2. The first-order valence-electron chi connectivity index (χ1n) is 11.7. The number of hydrogen-bond donors (Lipinski definition) is 2. The Bertz CT molecular complexity index is 1370. The number of amides is 2. The lowest BCUT2D eigenvalue weighted by atomic mass is 10.0. The van der Waals surface area contributed by atoms with E-state index in [1.807, 2.05) is 72.6 Å². The molecule has 0 aliphatic carbocycles. The fraction of sp³-hybridized carbons (Fsp3) is 0.222. The summed E-state index contributed by atoms with van der Waals surface area (Å²) in [6, 6.07) is 17.8. The molecular formula is C27H24F4N6O. The SMILES string of the molecule is Cc1ccccc1N=C(NC#N)N1CCN(C(=O)Nc2ccc(F)c(C(F)(F)F)c2)C(c2ccccc2)C1. The number of carbonyl (C=O) groups excluding carboxylic acids is 1. The van der Waals surface area contributed by atoms with Crippen molar-refractivity contribution in [1.82, 2.24) is 15.1 Å². The summed E-state index contributed by atoms with van der Waals surface area (Å²) in [4.78, 5) is 21.2. The number of carbonyl (C=O) groups is 1. The quantitative estimate of drug-likeness (QED) is 0.149. The summed E-state index contributed by atoms with van der Waals surface area (Å²) in [5.74, 6) is -1.10. The third-order valence-corrected chi connectivity index (χ3v) is 6.16. The van der Waals surface area contributed by atoms with Gasteiger partial charge in [0.2, 0.25) is 5.96 Å². The van der Waals surface area contributed by atoms with E-state index in [-0.39, 0.29) is 18.8 Å². The van der Waals surface area contributed by atoms with Gasteiger partial charge in [-0.2, -0.15) is 18.4 Å². The number of para-hydroxylation sites is 1. The van der Waals surface area contributed by atoms with Crippen LogP contribution in [0.5, 0.6) is 0 Å². The van der Waals surface area contributed by atoms with Gasteiger partial charge in [-0.1, -0.05) is 48.5 Å². The Hall–Kier alpha value is -4.59. The molecule has 2 N–H and O–H groups in total. The topological polar surface area (TPSA) is 83.8 Å². The molecule has 1 atom stereocenters. The molecule has 1 saturated heterocycles. The van der Waals surface area contributed by atoms with Gasteiger partial charge in [-0.25, -0.2) is 14.2 Å². The van der Waals surface area contributed by atoms with E-state index < -0.39 is 29.6 Å². The number of halogens is 4. The van der Waals surface area contributed by atoms with Gasteiger partial charge >= 0.3 is 12.2 Å². The highest BCUT2D eigenvalue weighted by molar-refractivity contribution is 5.90. The van der Waals surface area contributed by atoms with Crippen LogP contribution in [-0.4, -0.2) is 41.4 Å². The van der Waals surface area contributed by atoms with Crippen LogP contribution in [0, 0.1) is 24.2 Å². The van der Waals surface area contributed by atoms with Crippen LogP contribution >= 0.6 is 0 Å². The van der Waals surface area contributed by atoms with E-state index in [2.05, 4.69) is 15.6 Å². The second-order valence-electron chi connectivity index (χ2n) is 8.65. The summed E-state index contributed by atoms with van der Waals surface area (Å²) < 4.78 is 53.2. The van der Waals surface area contributed by atoms with Gasteiger partial charge in [0.15, 0.2) is 6.19 Å². The van der Waals surface area contributed by atoms with Gasteiger partial charge in [-0.15, -0.1) is 0 Å². The normalized spacial score (nSPS) is 16.1. The van der Waals surface area contributed by atoms with Crippen LogP contribution < -0.4 is 10.6 Å². The average molecular weight is 525 g/mol. The number of rotatable bonds is 3. The average Bonchev–Trinajstić information content (AvgIpc) is 2.90. The number of urea groups is 1. The second kappa shape index (κ2) is 11.2. The Morgan fingerprint density at radius 3 is 2.45 bits per heavy atom. The molecule has 3 aromatic carbocycles. The zero-order valence-corrected chi connectivity index (χ0v) is 20.3. The van der Waals surface area contributed by atoms with E-state index in [1.54, 1.807) is 0 Å². The number of alkyl halides is 3. The third-order valence-electron chi connectivity index (χ3n) is 6.16. The van der Waals surface area contributed by atoms with Crippen LogP contribution in [0.2, 0.25) is 0 Å². The van der Waals surface area contributed by atoms with Gasteiger partial charge < -0.3 is 15.1 Å². The van der Waals surface area contributed by atoms with Gasteiger partial charge in [0.1, 0.15) is 5.82 Å². The number of piperazine rings is 1. The Balaban J connectivity index is 1.62. The summed E-state index contributed by atoms with van der Waals surface area (Å²) in [5, 5.41) is 14.5. The number of anilines is 1. The first-order chi connectivity index (χ1) is 18.2. The molecule has 0 saturated carbocycles. The highest BCUT2D eigenvalue weighted by atomic mass is 19.4. The van der Waals surface area contributed by atoms with Crippen LogP contribution in [0.3, 0.4) is 0 Å². The van der Waals surface area contributed by atoms with Gasteiger partial charge in [-0.05, 0) is 42.3 Å². The molecule has 7 nitrogen and oxygen atoms in total. The Labute approximate surface area is 217 Å². The van der Waals surface area contributed by atoms with Gasteiger partial charge in [-0.3, -0.25) is 5.32 Å². The van der Waals surface area contributed by atoms with Crippen LogP contribution in [0.4, 0.5) is 33.7 Å². The van der Waals surface area contributed by atoms with Crippen molar-refractivity contribution in [3.05, 3.63) is 95.3 Å². The van der Waals surface area contributed by atoms with Crippen LogP contribution in [0.25, 0.3) is 0 Å². The minimum atomic E-state index is -4.90. The molecule has 2 amide bonds. The Morgan fingerprint density at radius 2 is 1.76 bits per heavy atom. The summed E-state index contributed by atoms with van der Waals surface area (Å²) in [7, 11) is 0. The fourth-order valence-electron chi connectivity index (χ4n) is 4.23. The molecule has 1 aliphatic heterocycles. The van der Waals surface area contributed by atoms with Gasteiger partial charge in [0.05, 0.1) is 17.3 Å². The molecule has 0 radical (unpaired) electrons. The van der Waals surface area contributed by atoms with Crippen LogP contribution in [-0.2, 0) is 6.18 Å². The molecule has 0 bridgehead atoms. The smallest absolute Gasteiger partial charge is 0.338 e. The number of nitriles is 1. The molecule has 1 unspecified atom stereocenters. The summed E-state index contributed by atoms with van der Waals surface area (Å²) >= 11 is 0. The molecule has 196 valence electrons. The van der Waals surface area contributed by atoms with E-state index in [0.29, 0.717) is 30.3 Å². The molecule has 0 aromatic heterocycles. The second-order valence-corrected chi connectivity index (χ2v) is 8.65. The maximum Gasteiger partial charge on any atom is 0.419 e. The monoisotopic (exact) mass is 524 g/mol. The maximum atomic E-state index is 13.7. The van der Waals surface area contributed by atoms with Crippen molar-refractivity contribution in [1.29, 1.82) is 5.26 Å². The Morgan fingerprint density at radius 1 is 1.05 bits per heavy atom. The molecule has 11 heteroatoms. The van der Waals surface area contributed by atoms with Gasteiger partial charge in [0, 0.05) is 25.3 Å². The number of hydrogen-bond acceptors (Lipinski definition) is 3. The van der Waals surface area contributed by atoms with E-state index in [9.17, 15) is 27.6 Å². The minimum Gasteiger partial charge on any atom is -0.338 e. The molecule has 38 heavy (non-hydrogen) atoms. The molecule has 1 fully saturated rings. The third kappa shape index (κ3) is 6.03. The largest absolute Gasteiger partial charge is 0.419 e. The van der Waals surface area contributed by atoms with Crippen LogP contribution in [0.15, 0.2) is 77.8 Å². The minimum absolute atomic E-state index is 0.175. The standard InChI is InChI=1S/C27H24F4N6O/c1-18-7-5-6-10-23(18)35-25(33-17-32)36-13-14-37(24(16-36)19-8-3-2-4-9-19)26(38)34-20-11-12-22(28)21(15-20)27(29,30)31/h2-12,15,24H,13-14,16H2,1H3,(H,33,35)(H,34,38). The zero-order valence-electron chi connectivity index (χ0n) is 20.3. The first-order valence-corrected chi connectivity index (χ1v) is 11.7. The molecule has 1 aliphatic rings. The number of aliphatic imine (C=N–C) groups is 1. The lowest BCUT2D eigenvalue weighted by Crippen LogP contribution is -2.55. The lowest BCUT2D eigenvalue weighted by molar-refractivity contribution is -0.139. The molecule has 4 rings (SSSR count). The van der Waals surface area contributed by atoms with Crippen molar-refractivity contribution < 1.29 is 22.4 Å². The maximum absolute atomic E-state index is 13.7. The first kappa shape index (κ1) is 26.5. The number of benzene rings is 3. The predicted molar refractivity (Wildman–Crippen MR) is 135 cm³/mol. The highest BCUT2D eigenvalue weighted by Crippen LogP contribution is 2.33. The molecule has 0 spiro atoms. The van der Waals surface area contributed by atoms with Crippen LogP contribution in [0.1, 0.15) is 22.7 Å². The van der Waals surface area contributed by atoms with E-state index in [1.165, 1.54) is 4.90 Å². The van der Waals surface area contributed by atoms with E-state index in [4.69, 9.17) is 0 Å². The molecule has 3 aromatic rings.